The van der Waals surface area contributed by atoms with E-state index in [1.807, 2.05) is 26.0 Å². The molecule has 5 heteroatoms. The van der Waals surface area contributed by atoms with E-state index >= 15 is 0 Å². The summed E-state index contributed by atoms with van der Waals surface area (Å²) >= 11 is 0. The molecule has 0 unspecified atom stereocenters. The first kappa shape index (κ1) is 13.7. The standard InChI is InChI=1S/C12H17BO4/c1-4-16-13(17-5-2)11-8-6-10(7-9-11)12(14)15-3/h6-9H,4-5H2,1-3H3. The minimum Gasteiger partial charge on any atom is -0.465 e. The van der Waals surface area contributed by atoms with E-state index in [2.05, 4.69) is 4.74 Å². The van der Waals surface area contributed by atoms with Crippen molar-refractivity contribution in [3.8, 4) is 0 Å². The number of rotatable bonds is 6. The zero-order valence-corrected chi connectivity index (χ0v) is 10.4. The molecule has 0 N–H and O–H groups in total. The van der Waals surface area contributed by atoms with Gasteiger partial charge in [-0.25, -0.2) is 4.79 Å². The van der Waals surface area contributed by atoms with Gasteiger partial charge < -0.3 is 14.0 Å². The molecular formula is C12H17BO4. The molecular weight excluding hydrogens is 219 g/mol. The van der Waals surface area contributed by atoms with Crippen LogP contribution in [-0.4, -0.2) is 33.4 Å². The number of hydrogen-bond donors (Lipinski definition) is 0. The summed E-state index contributed by atoms with van der Waals surface area (Å²) in [4.78, 5) is 11.3. The molecule has 0 fully saturated rings. The quantitative estimate of drug-likeness (QED) is 0.550. The van der Waals surface area contributed by atoms with Crippen molar-refractivity contribution in [1.29, 1.82) is 0 Å². The van der Waals surface area contributed by atoms with Crippen molar-refractivity contribution >= 4 is 18.6 Å². The molecule has 1 aromatic rings. The van der Waals surface area contributed by atoms with E-state index in [0.717, 1.165) is 5.46 Å². The van der Waals surface area contributed by atoms with Gasteiger partial charge in [-0.2, -0.15) is 0 Å². The van der Waals surface area contributed by atoms with Gasteiger partial charge in [-0.15, -0.1) is 0 Å². The molecule has 0 bridgehead atoms. The SMILES string of the molecule is CCOB(OCC)c1ccc(C(=O)OC)cc1. The lowest BCUT2D eigenvalue weighted by molar-refractivity contribution is 0.0600. The van der Waals surface area contributed by atoms with Crippen LogP contribution in [-0.2, 0) is 14.0 Å². The van der Waals surface area contributed by atoms with Gasteiger partial charge in [0.2, 0.25) is 0 Å². The van der Waals surface area contributed by atoms with Crippen molar-refractivity contribution in [1.82, 2.24) is 0 Å². The Labute approximate surface area is 102 Å². The summed E-state index contributed by atoms with van der Waals surface area (Å²) in [5.74, 6) is -0.346. The fourth-order valence-electron chi connectivity index (χ4n) is 1.44. The molecule has 4 nitrogen and oxygen atoms in total. The number of methoxy groups -OCH3 is 1. The molecule has 0 saturated heterocycles. The summed E-state index contributed by atoms with van der Waals surface area (Å²) in [6, 6.07) is 7.02. The van der Waals surface area contributed by atoms with E-state index in [9.17, 15) is 4.79 Å². The average Bonchev–Trinajstić information content (AvgIpc) is 2.38. The minimum absolute atomic E-state index is 0.346. The van der Waals surface area contributed by atoms with Crippen molar-refractivity contribution in [2.24, 2.45) is 0 Å². The van der Waals surface area contributed by atoms with Gasteiger partial charge in [-0.05, 0) is 31.4 Å². The van der Waals surface area contributed by atoms with Crippen molar-refractivity contribution in [3.05, 3.63) is 29.8 Å². The van der Waals surface area contributed by atoms with Crippen molar-refractivity contribution < 1.29 is 18.8 Å². The molecule has 0 aliphatic rings. The van der Waals surface area contributed by atoms with Crippen LogP contribution in [0.5, 0.6) is 0 Å². The maximum Gasteiger partial charge on any atom is 0.493 e. The number of ether oxygens (including phenoxy) is 1. The third kappa shape index (κ3) is 3.87. The highest BCUT2D eigenvalue weighted by molar-refractivity contribution is 6.61. The molecule has 0 aliphatic carbocycles. The fraction of sp³-hybridized carbons (Fsp3) is 0.417. The smallest absolute Gasteiger partial charge is 0.465 e. The van der Waals surface area contributed by atoms with Gasteiger partial charge in [0.25, 0.3) is 0 Å². The molecule has 17 heavy (non-hydrogen) atoms. The van der Waals surface area contributed by atoms with Crippen LogP contribution in [0.1, 0.15) is 24.2 Å². The lowest BCUT2D eigenvalue weighted by atomic mass is 9.78. The molecule has 1 rings (SSSR count). The van der Waals surface area contributed by atoms with E-state index < -0.39 is 0 Å². The Hall–Kier alpha value is -1.33. The summed E-state index contributed by atoms with van der Waals surface area (Å²) < 4.78 is 15.5. The van der Waals surface area contributed by atoms with Gasteiger partial charge in [-0.1, -0.05) is 12.1 Å². The van der Waals surface area contributed by atoms with E-state index in [-0.39, 0.29) is 13.1 Å². The Balaban J connectivity index is 2.80. The first-order valence-electron chi connectivity index (χ1n) is 5.64. The third-order valence-corrected chi connectivity index (χ3v) is 2.24. The molecule has 1 aromatic carbocycles. The van der Waals surface area contributed by atoms with E-state index in [4.69, 9.17) is 9.31 Å². The van der Waals surface area contributed by atoms with Crippen LogP contribution in [0, 0.1) is 0 Å². The normalized spacial score (nSPS) is 10.1. The van der Waals surface area contributed by atoms with Crippen LogP contribution in [0.2, 0.25) is 0 Å². The van der Waals surface area contributed by atoms with Crippen molar-refractivity contribution in [3.63, 3.8) is 0 Å². The summed E-state index contributed by atoms with van der Waals surface area (Å²) in [5, 5.41) is 0. The number of carbonyl (C=O) groups excluding carboxylic acids is 1. The molecule has 0 amide bonds. The Bertz CT molecular complexity index is 344. The number of hydrogen-bond acceptors (Lipinski definition) is 4. The number of carbonyl (C=O) groups is 1. The Kier molecular flexibility index (Phi) is 5.73. The van der Waals surface area contributed by atoms with Crippen LogP contribution < -0.4 is 5.46 Å². The predicted octanol–water partition coefficient (Wildman–Crippen LogP) is 1.24. The second kappa shape index (κ2) is 7.09. The minimum atomic E-state index is -0.378. The molecule has 0 aliphatic heterocycles. The second-order valence-electron chi connectivity index (χ2n) is 3.36. The summed E-state index contributed by atoms with van der Waals surface area (Å²) in [6.07, 6.45) is 0. The largest absolute Gasteiger partial charge is 0.493 e. The monoisotopic (exact) mass is 236 g/mol. The highest BCUT2D eigenvalue weighted by atomic mass is 16.6. The maximum absolute atomic E-state index is 11.3. The summed E-state index contributed by atoms with van der Waals surface area (Å²) in [7, 11) is 0.982. The second-order valence-corrected chi connectivity index (χ2v) is 3.36. The average molecular weight is 236 g/mol. The van der Waals surface area contributed by atoms with Gasteiger partial charge in [0, 0.05) is 13.2 Å². The van der Waals surface area contributed by atoms with E-state index in [1.165, 1.54) is 7.11 Å². The van der Waals surface area contributed by atoms with Crippen molar-refractivity contribution in [2.75, 3.05) is 20.3 Å². The molecule has 92 valence electrons. The molecule has 0 aromatic heterocycles. The van der Waals surface area contributed by atoms with Gasteiger partial charge in [-0.3, -0.25) is 0 Å². The lowest BCUT2D eigenvalue weighted by Gasteiger charge is -2.12. The third-order valence-electron chi connectivity index (χ3n) is 2.24. The number of esters is 1. The van der Waals surface area contributed by atoms with E-state index in [0.29, 0.717) is 18.8 Å². The zero-order chi connectivity index (χ0) is 12.7. The van der Waals surface area contributed by atoms with Gasteiger partial charge in [0.1, 0.15) is 0 Å². The molecule has 0 heterocycles. The Morgan fingerprint density at radius 2 is 1.65 bits per heavy atom. The first-order valence-corrected chi connectivity index (χ1v) is 5.64. The van der Waals surface area contributed by atoms with Crippen LogP contribution in [0.15, 0.2) is 24.3 Å². The number of benzene rings is 1. The first-order chi connectivity index (χ1) is 8.22. The van der Waals surface area contributed by atoms with Crippen LogP contribution in [0.3, 0.4) is 0 Å². The zero-order valence-electron chi connectivity index (χ0n) is 10.4. The van der Waals surface area contributed by atoms with E-state index in [1.54, 1.807) is 12.1 Å². The maximum atomic E-state index is 11.3. The molecule has 0 spiro atoms. The van der Waals surface area contributed by atoms with Crippen LogP contribution in [0.25, 0.3) is 0 Å². The highest BCUT2D eigenvalue weighted by Crippen LogP contribution is 2.01. The molecule has 0 saturated carbocycles. The fourth-order valence-corrected chi connectivity index (χ4v) is 1.44. The van der Waals surface area contributed by atoms with Gasteiger partial charge in [0.05, 0.1) is 12.7 Å². The Morgan fingerprint density at radius 3 is 2.06 bits per heavy atom. The summed E-state index contributed by atoms with van der Waals surface area (Å²) in [6.45, 7) is 4.97. The molecule has 0 radical (unpaired) electrons. The van der Waals surface area contributed by atoms with Gasteiger partial charge in [0.15, 0.2) is 0 Å². The van der Waals surface area contributed by atoms with Crippen molar-refractivity contribution in [2.45, 2.75) is 13.8 Å². The topological polar surface area (TPSA) is 44.8 Å². The van der Waals surface area contributed by atoms with Gasteiger partial charge >= 0.3 is 13.1 Å². The Morgan fingerprint density at radius 1 is 1.12 bits per heavy atom. The summed E-state index contributed by atoms with van der Waals surface area (Å²) in [5.41, 5.74) is 1.41. The predicted molar refractivity (Wildman–Crippen MR) is 66.4 cm³/mol. The van der Waals surface area contributed by atoms with Crippen LogP contribution >= 0.6 is 0 Å². The highest BCUT2D eigenvalue weighted by Gasteiger charge is 2.20. The molecule has 0 atom stereocenters. The van der Waals surface area contributed by atoms with Crippen LogP contribution in [0.4, 0.5) is 0 Å². The lowest BCUT2D eigenvalue weighted by Crippen LogP contribution is -2.37.